The zero-order chi connectivity index (χ0) is 60.1. The van der Waals surface area contributed by atoms with Crippen molar-refractivity contribution in [3.05, 3.63) is 85.1 Å². The monoisotopic (exact) mass is 1170 g/mol. The van der Waals surface area contributed by atoms with Crippen molar-refractivity contribution in [3.63, 3.8) is 0 Å². The molecule has 14 heteroatoms. The molecule has 0 radical (unpaired) electrons. The summed E-state index contributed by atoms with van der Waals surface area (Å²) >= 11 is 0. The molecule has 0 aliphatic carbocycles. The lowest BCUT2D eigenvalue weighted by Crippen LogP contribution is -2.61. The third-order valence-electron chi connectivity index (χ3n) is 15.4. The van der Waals surface area contributed by atoms with Crippen LogP contribution < -0.4 is 0 Å². The number of carbonyl (C=O) groups is 1. The van der Waals surface area contributed by atoms with E-state index >= 15 is 0 Å². The van der Waals surface area contributed by atoms with Crippen molar-refractivity contribution in [3.8, 4) is 0 Å². The molecular formula is C69H120O14. The Morgan fingerprint density at radius 1 is 0.410 bits per heavy atom. The number of unbranched alkanes of at least 4 members (excludes halogenated alkanes) is 26. The number of hydrogen-bond acceptors (Lipinski definition) is 14. The summed E-state index contributed by atoms with van der Waals surface area (Å²) in [6.45, 7) is 3.57. The van der Waals surface area contributed by atoms with Crippen molar-refractivity contribution in [2.45, 2.75) is 313 Å². The van der Waals surface area contributed by atoms with Crippen LogP contribution in [0.4, 0.5) is 0 Å². The van der Waals surface area contributed by atoms with Gasteiger partial charge >= 0.3 is 5.97 Å². The highest BCUT2D eigenvalue weighted by molar-refractivity contribution is 5.69. The van der Waals surface area contributed by atoms with Gasteiger partial charge in [0.15, 0.2) is 12.6 Å². The Hall–Kier alpha value is -2.83. The van der Waals surface area contributed by atoms with Gasteiger partial charge in [-0.05, 0) is 89.9 Å². The normalized spacial score (nSPS) is 24.0. The van der Waals surface area contributed by atoms with Crippen molar-refractivity contribution in [1.29, 1.82) is 0 Å². The molecule has 2 rings (SSSR count). The number of carbonyl (C=O) groups excluding carboxylic acids is 1. The molecule has 2 saturated heterocycles. The molecular weight excluding hydrogens is 1050 g/mol. The van der Waals surface area contributed by atoms with E-state index in [1.165, 1.54) is 135 Å². The molecule has 480 valence electrons. The molecule has 0 aromatic carbocycles. The van der Waals surface area contributed by atoms with Crippen LogP contribution in [-0.4, -0.2) is 142 Å². The van der Waals surface area contributed by atoms with Gasteiger partial charge in [0.05, 0.1) is 26.4 Å². The average Bonchev–Trinajstić information content (AvgIpc) is 3.69. The summed E-state index contributed by atoms with van der Waals surface area (Å²) in [5.41, 5.74) is 0. The first kappa shape index (κ1) is 76.3. The highest BCUT2D eigenvalue weighted by Gasteiger charge is 2.47. The predicted molar refractivity (Wildman–Crippen MR) is 335 cm³/mol. The Bertz CT molecular complexity index is 1690. The molecule has 2 aliphatic rings. The first-order chi connectivity index (χ1) is 40.6. The first-order valence-corrected chi connectivity index (χ1v) is 33.2. The van der Waals surface area contributed by atoms with Gasteiger partial charge < -0.3 is 64.2 Å². The quantitative estimate of drug-likeness (QED) is 0.0171. The molecule has 11 unspecified atom stereocenters. The molecule has 2 aliphatic heterocycles. The van der Waals surface area contributed by atoms with Gasteiger partial charge in [-0.2, -0.15) is 0 Å². The van der Waals surface area contributed by atoms with E-state index < -0.39 is 80.7 Å². The minimum absolute atomic E-state index is 0.0543. The lowest BCUT2D eigenvalue weighted by molar-refractivity contribution is -0.332. The van der Waals surface area contributed by atoms with E-state index in [0.717, 1.165) is 83.5 Å². The highest BCUT2D eigenvalue weighted by Crippen LogP contribution is 2.27. The Kier molecular flexibility index (Phi) is 50.1. The molecule has 0 aromatic heterocycles. The number of aliphatic hydroxyl groups is 7. The van der Waals surface area contributed by atoms with Crippen molar-refractivity contribution in [2.75, 3.05) is 33.0 Å². The summed E-state index contributed by atoms with van der Waals surface area (Å²) in [6, 6.07) is 0. The fraction of sp³-hybridized carbons (Fsp3) is 0.783. The maximum atomic E-state index is 13.1. The van der Waals surface area contributed by atoms with Crippen molar-refractivity contribution in [1.82, 2.24) is 0 Å². The topological polar surface area (TPSA) is 214 Å². The van der Waals surface area contributed by atoms with Gasteiger partial charge in [-0.1, -0.05) is 234 Å². The summed E-state index contributed by atoms with van der Waals surface area (Å²) in [5, 5.41) is 72.6. The van der Waals surface area contributed by atoms with E-state index in [4.69, 9.17) is 28.4 Å². The molecule has 0 amide bonds. The largest absolute Gasteiger partial charge is 0.457 e. The van der Waals surface area contributed by atoms with E-state index in [2.05, 4.69) is 98.9 Å². The molecule has 2 heterocycles. The Labute approximate surface area is 503 Å². The maximum absolute atomic E-state index is 13.1. The smallest absolute Gasteiger partial charge is 0.306 e. The molecule has 14 nitrogen and oxygen atoms in total. The van der Waals surface area contributed by atoms with Crippen LogP contribution in [-0.2, 0) is 33.2 Å². The van der Waals surface area contributed by atoms with Crippen molar-refractivity contribution < 1.29 is 69.0 Å². The second-order valence-corrected chi connectivity index (χ2v) is 22.9. The van der Waals surface area contributed by atoms with Crippen LogP contribution in [0.25, 0.3) is 0 Å². The highest BCUT2D eigenvalue weighted by atomic mass is 16.7. The SMILES string of the molecule is CC/C=C\C/C=C\C/C=C\C/C=C\C/C=C\CCCCCCCCCCCCOCC(COC1OC(COC2OC(CO)C(O)C(O)C2O)C(O)C(O)C1O)OC(=O)CCCCCCCCCCCCC/C=C\C/C=C\CCCCCCC. The zero-order valence-corrected chi connectivity index (χ0v) is 51.9. The number of rotatable bonds is 54. The lowest BCUT2D eigenvalue weighted by atomic mass is 9.98. The fourth-order valence-electron chi connectivity index (χ4n) is 10.1. The van der Waals surface area contributed by atoms with Crippen LogP contribution in [0.1, 0.15) is 245 Å². The number of aliphatic hydroxyl groups excluding tert-OH is 7. The molecule has 0 aromatic rings. The summed E-state index contributed by atoms with van der Waals surface area (Å²) in [5.74, 6) is -0.380. The van der Waals surface area contributed by atoms with Gasteiger partial charge in [-0.15, -0.1) is 0 Å². The standard InChI is InChI=1S/C69H120O14/c1-3-5-7-9-11-13-15-17-19-21-23-25-27-28-29-31-33-35-37-39-41-43-45-47-49-51-53-78-55-58(56-79-68-67(77)65(75)63(73)60(83-68)57-80-69-66(76)64(74)62(72)59(54-70)82-69)81-61(71)52-50-48-46-44-42-40-38-36-34-32-30-26-24-22-20-18-16-14-12-10-8-6-4-2/h5,7,11,13,16-19,22-25,28-29,58-60,62-70,72-77H,3-4,6,8-10,12,14-15,20-21,26-27,30-57H2,1-2H3/b7-5-,13-11-,18-16-,19-17-,24-22-,25-23-,29-28-. The molecule has 7 N–H and O–H groups in total. The van der Waals surface area contributed by atoms with E-state index in [0.29, 0.717) is 13.0 Å². The van der Waals surface area contributed by atoms with E-state index in [9.17, 15) is 40.5 Å². The van der Waals surface area contributed by atoms with Crippen LogP contribution in [0, 0.1) is 0 Å². The molecule has 83 heavy (non-hydrogen) atoms. The van der Waals surface area contributed by atoms with Gasteiger partial charge in [-0.3, -0.25) is 4.79 Å². The van der Waals surface area contributed by atoms with Crippen LogP contribution in [0.5, 0.6) is 0 Å². The third-order valence-corrected chi connectivity index (χ3v) is 15.4. The third kappa shape index (κ3) is 40.3. The van der Waals surface area contributed by atoms with E-state index in [1.54, 1.807) is 0 Å². The lowest BCUT2D eigenvalue weighted by Gasteiger charge is -2.42. The minimum Gasteiger partial charge on any atom is -0.457 e. The summed E-state index contributed by atoms with van der Waals surface area (Å²) in [6.07, 6.45) is 56.4. The van der Waals surface area contributed by atoms with Crippen LogP contribution >= 0.6 is 0 Å². The molecule has 0 bridgehead atoms. The van der Waals surface area contributed by atoms with Gasteiger partial charge in [0.1, 0.15) is 54.9 Å². The Morgan fingerprint density at radius 2 is 0.783 bits per heavy atom. The van der Waals surface area contributed by atoms with Crippen molar-refractivity contribution in [2.24, 2.45) is 0 Å². The fourth-order valence-corrected chi connectivity index (χ4v) is 10.1. The van der Waals surface area contributed by atoms with Crippen LogP contribution in [0.3, 0.4) is 0 Å². The molecule has 0 spiro atoms. The Morgan fingerprint density at radius 3 is 1.23 bits per heavy atom. The second-order valence-electron chi connectivity index (χ2n) is 22.9. The van der Waals surface area contributed by atoms with Gasteiger partial charge in [0.2, 0.25) is 0 Å². The summed E-state index contributed by atoms with van der Waals surface area (Å²) in [4.78, 5) is 13.1. The van der Waals surface area contributed by atoms with E-state index in [-0.39, 0.29) is 25.6 Å². The van der Waals surface area contributed by atoms with Gasteiger partial charge in [-0.25, -0.2) is 0 Å². The first-order valence-electron chi connectivity index (χ1n) is 33.2. The predicted octanol–water partition coefficient (Wildman–Crippen LogP) is 13.5. The number of hydrogen-bond donors (Lipinski definition) is 7. The van der Waals surface area contributed by atoms with Crippen molar-refractivity contribution >= 4 is 5.97 Å². The average molecular weight is 1170 g/mol. The van der Waals surface area contributed by atoms with Crippen LogP contribution in [0.2, 0.25) is 0 Å². The van der Waals surface area contributed by atoms with Gasteiger partial charge in [0.25, 0.3) is 0 Å². The Balaban J connectivity index is 1.67. The number of esters is 1. The minimum atomic E-state index is -1.71. The zero-order valence-electron chi connectivity index (χ0n) is 51.9. The van der Waals surface area contributed by atoms with E-state index in [1.807, 2.05) is 0 Å². The maximum Gasteiger partial charge on any atom is 0.306 e. The number of allylic oxidation sites excluding steroid dienone is 14. The number of ether oxygens (including phenoxy) is 6. The molecule has 11 atom stereocenters. The molecule has 2 fully saturated rings. The summed E-state index contributed by atoms with van der Waals surface area (Å²) < 4.78 is 34.5. The summed E-state index contributed by atoms with van der Waals surface area (Å²) in [7, 11) is 0. The second kappa shape index (κ2) is 54.6. The van der Waals surface area contributed by atoms with Gasteiger partial charge in [0, 0.05) is 13.0 Å². The molecule has 0 saturated carbocycles. The van der Waals surface area contributed by atoms with Crippen LogP contribution in [0.15, 0.2) is 85.1 Å².